The minimum absolute atomic E-state index is 0.109. The van der Waals surface area contributed by atoms with Gasteiger partial charge in [0.05, 0.1) is 6.61 Å². The summed E-state index contributed by atoms with van der Waals surface area (Å²) in [6, 6.07) is 8.47. The van der Waals surface area contributed by atoms with Gasteiger partial charge >= 0.3 is 0 Å². The molecule has 0 saturated heterocycles. The molecule has 0 bridgehead atoms. The van der Waals surface area contributed by atoms with Crippen LogP contribution in [0.2, 0.25) is 0 Å². The third-order valence-corrected chi connectivity index (χ3v) is 4.98. The van der Waals surface area contributed by atoms with Crippen molar-refractivity contribution < 1.29 is 5.11 Å². The summed E-state index contributed by atoms with van der Waals surface area (Å²) >= 11 is 1.92. The van der Waals surface area contributed by atoms with Gasteiger partial charge < -0.3 is 10.8 Å². The molecule has 2 unspecified atom stereocenters. The normalized spacial score (nSPS) is 29.2. The average Bonchev–Trinajstić information content (AvgIpc) is 2.32. The third kappa shape index (κ3) is 3.24. The Bertz CT molecular complexity index is 382. The number of thioether (sulfide) groups is 1. The molecule has 3 N–H and O–H groups in total. The predicted octanol–water partition coefficient (Wildman–Crippen LogP) is 2.72. The van der Waals surface area contributed by atoms with Crippen LogP contribution in [0.5, 0.6) is 0 Å². The summed E-state index contributed by atoms with van der Waals surface area (Å²) in [7, 11) is 0. The smallest absolute Gasteiger partial charge is 0.0611 e. The van der Waals surface area contributed by atoms with E-state index in [1.54, 1.807) is 0 Å². The van der Waals surface area contributed by atoms with Crippen LogP contribution >= 0.6 is 11.8 Å². The number of aliphatic hydroxyl groups excluding tert-OH is 1. The highest BCUT2D eigenvalue weighted by Crippen LogP contribution is 2.38. The van der Waals surface area contributed by atoms with Gasteiger partial charge in [0.15, 0.2) is 0 Å². The van der Waals surface area contributed by atoms with E-state index in [-0.39, 0.29) is 12.1 Å². The largest absolute Gasteiger partial charge is 0.394 e. The number of nitrogens with two attached hydrogens (primary N) is 1. The summed E-state index contributed by atoms with van der Waals surface area (Å²) in [5.74, 6) is 0. The molecule has 1 aromatic carbocycles. The van der Waals surface area contributed by atoms with Crippen molar-refractivity contribution in [1.82, 2.24) is 0 Å². The molecular weight excluding hydrogens is 230 g/mol. The van der Waals surface area contributed by atoms with Gasteiger partial charge in [-0.1, -0.05) is 24.6 Å². The van der Waals surface area contributed by atoms with Gasteiger partial charge in [-0.25, -0.2) is 0 Å². The first kappa shape index (κ1) is 12.9. The molecule has 0 radical (unpaired) electrons. The molecule has 2 atom stereocenters. The molecular formula is C14H21NOS. The molecule has 0 spiro atoms. The van der Waals surface area contributed by atoms with Crippen molar-refractivity contribution in [3.63, 3.8) is 0 Å². The van der Waals surface area contributed by atoms with Gasteiger partial charge in [-0.05, 0) is 37.8 Å². The monoisotopic (exact) mass is 251 g/mol. The predicted molar refractivity (Wildman–Crippen MR) is 73.3 cm³/mol. The molecule has 17 heavy (non-hydrogen) atoms. The highest BCUT2D eigenvalue weighted by Gasteiger charge is 2.32. The number of aliphatic hydroxyl groups is 1. The maximum atomic E-state index is 9.35. The SMILES string of the molecule is Cc1ccccc1SC1CCCC(N)(CO)C1. The lowest BCUT2D eigenvalue weighted by atomic mass is 9.83. The summed E-state index contributed by atoms with van der Waals surface area (Å²) < 4.78 is 0. The van der Waals surface area contributed by atoms with Gasteiger partial charge in [-0.2, -0.15) is 0 Å². The Kier molecular flexibility index (Phi) is 4.13. The molecule has 94 valence electrons. The lowest BCUT2D eigenvalue weighted by molar-refractivity contribution is 0.159. The van der Waals surface area contributed by atoms with Crippen molar-refractivity contribution in [2.24, 2.45) is 5.73 Å². The minimum atomic E-state index is -0.349. The summed E-state index contributed by atoms with van der Waals surface area (Å²) in [6.45, 7) is 2.25. The second kappa shape index (κ2) is 5.42. The summed E-state index contributed by atoms with van der Waals surface area (Å²) in [5, 5.41) is 9.90. The maximum absolute atomic E-state index is 9.35. The second-order valence-corrected chi connectivity index (χ2v) is 6.46. The first-order valence-corrected chi connectivity index (χ1v) is 7.13. The lowest BCUT2D eigenvalue weighted by Gasteiger charge is -2.36. The third-order valence-electron chi connectivity index (χ3n) is 3.54. The van der Waals surface area contributed by atoms with E-state index in [1.165, 1.54) is 16.9 Å². The van der Waals surface area contributed by atoms with E-state index in [0.717, 1.165) is 19.3 Å². The van der Waals surface area contributed by atoms with Crippen LogP contribution in [-0.4, -0.2) is 22.5 Å². The molecule has 1 aliphatic carbocycles. The molecule has 1 fully saturated rings. The first-order chi connectivity index (χ1) is 8.13. The summed E-state index contributed by atoms with van der Waals surface area (Å²) in [5.41, 5.74) is 7.16. The second-order valence-electron chi connectivity index (χ2n) is 5.12. The fourth-order valence-corrected chi connectivity index (χ4v) is 3.92. The molecule has 1 aliphatic rings. The molecule has 2 nitrogen and oxygen atoms in total. The van der Waals surface area contributed by atoms with Crippen molar-refractivity contribution in [3.8, 4) is 0 Å². The molecule has 0 amide bonds. The van der Waals surface area contributed by atoms with E-state index in [1.807, 2.05) is 11.8 Å². The van der Waals surface area contributed by atoms with Crippen LogP contribution in [0.25, 0.3) is 0 Å². The van der Waals surface area contributed by atoms with E-state index in [9.17, 15) is 5.11 Å². The summed E-state index contributed by atoms with van der Waals surface area (Å²) in [4.78, 5) is 1.35. The Morgan fingerprint density at radius 1 is 1.47 bits per heavy atom. The zero-order chi connectivity index (χ0) is 12.3. The Hall–Kier alpha value is -0.510. The van der Waals surface area contributed by atoms with Crippen LogP contribution in [-0.2, 0) is 0 Å². The van der Waals surface area contributed by atoms with Crippen LogP contribution in [0.15, 0.2) is 29.2 Å². The molecule has 0 aromatic heterocycles. The standard InChI is InChI=1S/C14H21NOS/c1-11-5-2-3-7-13(11)17-12-6-4-8-14(15,9-12)10-16/h2-3,5,7,12,16H,4,6,8-10,15H2,1H3. The van der Waals surface area contributed by atoms with E-state index in [0.29, 0.717) is 5.25 Å². The van der Waals surface area contributed by atoms with E-state index in [4.69, 9.17) is 5.73 Å². The van der Waals surface area contributed by atoms with Gasteiger partial charge in [0.2, 0.25) is 0 Å². The lowest BCUT2D eigenvalue weighted by Crippen LogP contribution is -2.48. The zero-order valence-corrected chi connectivity index (χ0v) is 11.2. The number of benzene rings is 1. The Balaban J connectivity index is 2.02. The van der Waals surface area contributed by atoms with Gasteiger partial charge in [-0.3, -0.25) is 0 Å². The highest BCUT2D eigenvalue weighted by atomic mass is 32.2. The van der Waals surface area contributed by atoms with E-state index in [2.05, 4.69) is 31.2 Å². The van der Waals surface area contributed by atoms with Crippen LogP contribution in [0, 0.1) is 6.92 Å². The van der Waals surface area contributed by atoms with Crippen molar-refractivity contribution in [2.45, 2.75) is 48.3 Å². The molecule has 1 saturated carbocycles. The van der Waals surface area contributed by atoms with Crippen molar-refractivity contribution >= 4 is 11.8 Å². The molecule has 1 aromatic rings. The minimum Gasteiger partial charge on any atom is -0.394 e. The van der Waals surface area contributed by atoms with Crippen LogP contribution in [0.1, 0.15) is 31.2 Å². The molecule has 3 heteroatoms. The number of aryl methyl sites for hydroxylation is 1. The van der Waals surface area contributed by atoms with Gasteiger partial charge in [0.1, 0.15) is 0 Å². The highest BCUT2D eigenvalue weighted by molar-refractivity contribution is 8.00. The number of rotatable bonds is 3. The molecule has 0 heterocycles. The van der Waals surface area contributed by atoms with Crippen molar-refractivity contribution in [2.75, 3.05) is 6.61 Å². The van der Waals surface area contributed by atoms with Gasteiger partial charge in [0.25, 0.3) is 0 Å². The van der Waals surface area contributed by atoms with Crippen molar-refractivity contribution in [1.29, 1.82) is 0 Å². The zero-order valence-electron chi connectivity index (χ0n) is 10.4. The van der Waals surface area contributed by atoms with Crippen LogP contribution < -0.4 is 5.73 Å². The van der Waals surface area contributed by atoms with Crippen molar-refractivity contribution in [3.05, 3.63) is 29.8 Å². The van der Waals surface area contributed by atoms with Gasteiger partial charge in [0, 0.05) is 15.7 Å². The Labute approximate surface area is 108 Å². The maximum Gasteiger partial charge on any atom is 0.0611 e. The van der Waals surface area contributed by atoms with Gasteiger partial charge in [-0.15, -0.1) is 11.8 Å². The van der Waals surface area contributed by atoms with E-state index < -0.39 is 0 Å². The molecule has 2 rings (SSSR count). The Morgan fingerprint density at radius 2 is 2.24 bits per heavy atom. The topological polar surface area (TPSA) is 46.2 Å². The fourth-order valence-electron chi connectivity index (χ4n) is 2.45. The number of hydrogen-bond donors (Lipinski definition) is 2. The van der Waals surface area contributed by atoms with Crippen LogP contribution in [0.4, 0.5) is 0 Å². The first-order valence-electron chi connectivity index (χ1n) is 6.25. The number of hydrogen-bond acceptors (Lipinski definition) is 3. The quantitative estimate of drug-likeness (QED) is 0.868. The fraction of sp³-hybridized carbons (Fsp3) is 0.571. The van der Waals surface area contributed by atoms with E-state index >= 15 is 0 Å². The van der Waals surface area contributed by atoms with Crippen LogP contribution in [0.3, 0.4) is 0 Å². The molecule has 0 aliphatic heterocycles. The Morgan fingerprint density at radius 3 is 2.94 bits per heavy atom. The average molecular weight is 251 g/mol. The summed E-state index contributed by atoms with van der Waals surface area (Å²) in [6.07, 6.45) is 4.20.